The summed E-state index contributed by atoms with van der Waals surface area (Å²) in [6.45, 7) is 48.0. The van der Waals surface area contributed by atoms with Gasteiger partial charge >= 0.3 is 0 Å². The molecule has 2 amide bonds. The van der Waals surface area contributed by atoms with Gasteiger partial charge in [0.25, 0.3) is 11.8 Å². The second-order valence-electron chi connectivity index (χ2n) is 35.6. The molecule has 496 valence electrons. The number of amides is 2. The van der Waals surface area contributed by atoms with E-state index in [1.165, 1.54) is 157 Å². The zero-order valence-electron chi connectivity index (χ0n) is 60.3. The summed E-state index contributed by atoms with van der Waals surface area (Å²) in [5, 5.41) is 2.84. The van der Waals surface area contributed by atoms with Crippen LogP contribution in [0.3, 0.4) is 0 Å². The standard InChI is InChI=1S/C33H47N.C29H43NO2.C13H22.C11H18/c1-6-23-18-26(17-16-24-20-25(7-2)30(21-24)33(3,4)5)27(19-23)22-34-31-14-10-8-12-28(31)29-13-9-11-15-32(29)34;1-6-19-14-22(13-12-20-16-21(7-2)26(17-20)29(3,4)5)23(15-19)18-30-27(31)24-10-8-9-11-25(24)28(30)32;1-6-10-8-11(7-2)12(9-10)13(3,4)5;1-11(2,3)10-7-8-4-5-9(10)6-8/h8-15,23-27,30H,6-7,16-22H2,1-5H3;8-11,19-23,26H,6-7,12-18H2,1-5H3;6-7,10-12H,1-2,8-9H2,3-5H3;4-5,8-10H,6-7H2,1-3H3. The van der Waals surface area contributed by atoms with Crippen molar-refractivity contribution in [3.63, 3.8) is 0 Å². The number of nitrogens with zero attached hydrogens (tertiary/aromatic N) is 2. The van der Waals surface area contributed by atoms with Crippen LogP contribution in [0.4, 0.5) is 0 Å². The van der Waals surface area contributed by atoms with Gasteiger partial charge in [-0.2, -0.15) is 0 Å². The van der Waals surface area contributed by atoms with Gasteiger partial charge in [-0.05, 0) is 242 Å². The fourth-order valence-electron chi connectivity index (χ4n) is 20.8. The number of benzene rings is 3. The summed E-state index contributed by atoms with van der Waals surface area (Å²) < 4.78 is 2.67. The Morgan fingerprint density at radius 1 is 0.411 bits per heavy atom. The monoisotopic (exact) mass is 1220 g/mol. The average Bonchev–Trinajstić information content (AvgIpc) is 1.65. The normalized spacial score (nSPS) is 33.1. The molecule has 2 bridgehead atoms. The number of fused-ring (bicyclic) bond motifs is 6. The number of aromatic nitrogens is 1. The van der Waals surface area contributed by atoms with Gasteiger partial charge in [-0.15, -0.1) is 13.2 Å². The number of allylic oxidation sites excluding steroid dienone is 4. The Hall–Kier alpha value is -4.18. The van der Waals surface area contributed by atoms with Gasteiger partial charge < -0.3 is 4.57 Å². The molecule has 0 N–H and O–H groups in total. The molecule has 8 aliphatic rings. The number of para-hydroxylation sites is 2. The van der Waals surface area contributed by atoms with Crippen LogP contribution in [0, 0.1) is 128 Å². The SMILES string of the molecule is C=CC1CC(C=C)C(C(C)(C)C)C1.CC(C)(C)C1CC2C=CC1C2.CCC1CC(CCC2CC(CC)C(C(C)(C)C)C2)C(CN2C(=O)c3ccccc3C2=O)C1.CCC1CC(CCC2CC(CC)C(C(C)(C)C)C2)C(Cn2c3ccccc3c3ccccc32)C1. The molecule has 6 saturated carbocycles. The Bertz CT molecular complexity index is 2940. The number of rotatable bonds is 16. The van der Waals surface area contributed by atoms with Crippen molar-refractivity contribution in [1.29, 1.82) is 0 Å². The Balaban J connectivity index is 0.000000157. The molecule has 4 aromatic rings. The van der Waals surface area contributed by atoms with Gasteiger partial charge in [0.05, 0.1) is 11.1 Å². The first-order valence-corrected chi connectivity index (χ1v) is 37.5. The number of carbonyl (C=O) groups excluding carboxylic acids is 2. The van der Waals surface area contributed by atoms with Crippen molar-refractivity contribution in [2.45, 2.75) is 246 Å². The van der Waals surface area contributed by atoms with E-state index >= 15 is 0 Å². The van der Waals surface area contributed by atoms with Gasteiger partial charge in [0.2, 0.25) is 0 Å². The Morgan fingerprint density at radius 2 is 0.844 bits per heavy atom. The van der Waals surface area contributed by atoms with Crippen LogP contribution in [0.1, 0.15) is 260 Å². The van der Waals surface area contributed by atoms with E-state index in [9.17, 15) is 9.59 Å². The van der Waals surface area contributed by atoms with Crippen molar-refractivity contribution < 1.29 is 9.59 Å². The molecule has 0 radical (unpaired) electrons. The van der Waals surface area contributed by atoms with Crippen LogP contribution >= 0.6 is 0 Å². The van der Waals surface area contributed by atoms with E-state index in [-0.39, 0.29) is 11.8 Å². The smallest absolute Gasteiger partial charge is 0.261 e. The van der Waals surface area contributed by atoms with E-state index in [0.717, 1.165) is 82.9 Å². The molecule has 18 atom stereocenters. The predicted octanol–water partition coefficient (Wildman–Crippen LogP) is 24.2. The lowest BCUT2D eigenvalue weighted by molar-refractivity contribution is 0.0613. The minimum absolute atomic E-state index is 0.0844. The number of hydrogen-bond donors (Lipinski definition) is 0. The van der Waals surface area contributed by atoms with Gasteiger partial charge in [0, 0.05) is 34.9 Å². The number of carbonyl (C=O) groups is 2. The van der Waals surface area contributed by atoms with Crippen molar-refractivity contribution in [3.8, 4) is 0 Å². The number of hydrogen-bond acceptors (Lipinski definition) is 2. The molecule has 0 spiro atoms. The molecule has 2 heterocycles. The molecular weight excluding hydrogens is 1090 g/mol. The van der Waals surface area contributed by atoms with Gasteiger partial charge in [-0.3, -0.25) is 14.5 Å². The molecule has 12 rings (SSSR count). The molecule has 1 aromatic heterocycles. The average molecular weight is 1220 g/mol. The van der Waals surface area contributed by atoms with E-state index in [2.05, 4.69) is 201 Å². The lowest BCUT2D eigenvalue weighted by Gasteiger charge is -2.32. The fraction of sp³-hybridized carbons (Fsp3) is 0.698. The zero-order chi connectivity index (χ0) is 65.0. The van der Waals surface area contributed by atoms with Crippen molar-refractivity contribution in [3.05, 3.63) is 121 Å². The summed E-state index contributed by atoms with van der Waals surface area (Å²) in [4.78, 5) is 27.4. The van der Waals surface area contributed by atoms with Crippen LogP contribution in [0.25, 0.3) is 21.8 Å². The Labute approximate surface area is 551 Å². The number of imide groups is 1. The molecule has 4 nitrogen and oxygen atoms in total. The lowest BCUT2D eigenvalue weighted by Crippen LogP contribution is -2.35. The minimum atomic E-state index is -0.0844. The first-order valence-electron chi connectivity index (χ1n) is 37.5. The highest BCUT2D eigenvalue weighted by Crippen LogP contribution is 2.54. The van der Waals surface area contributed by atoms with E-state index in [0.29, 0.717) is 63.0 Å². The summed E-state index contributed by atoms with van der Waals surface area (Å²) in [5.41, 5.74) is 5.85. The summed E-state index contributed by atoms with van der Waals surface area (Å²) >= 11 is 0. The second-order valence-corrected chi connectivity index (χ2v) is 35.6. The summed E-state index contributed by atoms with van der Waals surface area (Å²) in [7, 11) is 0. The third-order valence-electron chi connectivity index (χ3n) is 26.0. The van der Waals surface area contributed by atoms with Crippen LogP contribution in [-0.4, -0.2) is 27.8 Å². The Morgan fingerprint density at radius 3 is 1.21 bits per heavy atom. The van der Waals surface area contributed by atoms with E-state index in [1.807, 2.05) is 12.1 Å². The maximum Gasteiger partial charge on any atom is 0.261 e. The molecule has 0 saturated heterocycles. The molecule has 18 unspecified atom stereocenters. The molecule has 90 heavy (non-hydrogen) atoms. The largest absolute Gasteiger partial charge is 0.340 e. The maximum atomic E-state index is 12.9. The quantitative estimate of drug-likeness (QED) is 0.0829. The van der Waals surface area contributed by atoms with Crippen molar-refractivity contribution in [2.24, 2.45) is 128 Å². The first kappa shape index (κ1) is 70.1. The highest BCUT2D eigenvalue weighted by molar-refractivity contribution is 6.21. The summed E-state index contributed by atoms with van der Waals surface area (Å²) in [6, 6.07) is 25.4. The summed E-state index contributed by atoms with van der Waals surface area (Å²) in [6.07, 6.45) is 36.4. The topological polar surface area (TPSA) is 42.3 Å². The molecular formula is C86H130N2O2. The van der Waals surface area contributed by atoms with Crippen molar-refractivity contribution >= 4 is 33.6 Å². The second kappa shape index (κ2) is 29.6. The van der Waals surface area contributed by atoms with Crippen LogP contribution in [0.15, 0.2) is 110 Å². The molecule has 7 aliphatic carbocycles. The Kier molecular flexibility index (Phi) is 23.1. The maximum absolute atomic E-state index is 12.9. The van der Waals surface area contributed by atoms with Crippen LogP contribution in [0.2, 0.25) is 0 Å². The molecule has 3 aromatic carbocycles. The van der Waals surface area contributed by atoms with Gasteiger partial charge in [-0.1, -0.05) is 222 Å². The van der Waals surface area contributed by atoms with Crippen molar-refractivity contribution in [1.82, 2.24) is 9.47 Å². The third-order valence-corrected chi connectivity index (χ3v) is 26.0. The minimum Gasteiger partial charge on any atom is -0.340 e. The van der Waals surface area contributed by atoms with Crippen molar-refractivity contribution in [2.75, 3.05) is 6.54 Å². The highest BCUT2D eigenvalue weighted by atomic mass is 16.2. The van der Waals surface area contributed by atoms with Crippen LogP contribution in [-0.2, 0) is 6.54 Å². The van der Waals surface area contributed by atoms with E-state index in [4.69, 9.17) is 0 Å². The van der Waals surface area contributed by atoms with Gasteiger partial charge in [-0.25, -0.2) is 0 Å². The van der Waals surface area contributed by atoms with Gasteiger partial charge in [0.1, 0.15) is 0 Å². The predicted molar refractivity (Wildman–Crippen MR) is 386 cm³/mol. The summed E-state index contributed by atoms with van der Waals surface area (Å²) in [5.74, 6) is 14.8. The van der Waals surface area contributed by atoms with Crippen LogP contribution in [0.5, 0.6) is 0 Å². The first-order chi connectivity index (χ1) is 42.7. The molecule has 4 heteroatoms. The van der Waals surface area contributed by atoms with Gasteiger partial charge in [0.15, 0.2) is 0 Å². The molecule has 1 aliphatic heterocycles. The van der Waals surface area contributed by atoms with E-state index < -0.39 is 0 Å². The molecule has 6 fully saturated rings. The highest BCUT2D eigenvalue weighted by Gasteiger charge is 2.46. The lowest BCUT2D eigenvalue weighted by atomic mass is 9.73. The zero-order valence-corrected chi connectivity index (χ0v) is 60.3. The fourth-order valence-corrected chi connectivity index (χ4v) is 20.8. The van der Waals surface area contributed by atoms with Crippen LogP contribution < -0.4 is 0 Å². The van der Waals surface area contributed by atoms with E-state index in [1.54, 1.807) is 17.0 Å². The third kappa shape index (κ3) is 16.3.